The van der Waals surface area contributed by atoms with Gasteiger partial charge in [-0.25, -0.2) is 4.98 Å². The van der Waals surface area contributed by atoms with Crippen LogP contribution in [0.25, 0.3) is 0 Å². The smallest absolute Gasteiger partial charge is 0.222 e. The Morgan fingerprint density at radius 1 is 1.50 bits per heavy atom. The first-order valence-electron chi connectivity index (χ1n) is 5.10. The van der Waals surface area contributed by atoms with Crippen LogP contribution >= 0.6 is 15.9 Å². The predicted molar refractivity (Wildman–Crippen MR) is 64.5 cm³/mol. The van der Waals surface area contributed by atoms with Crippen LogP contribution in [0, 0.1) is 6.92 Å². The highest BCUT2D eigenvalue weighted by atomic mass is 79.9. The molecule has 0 aliphatic carbocycles. The van der Waals surface area contributed by atoms with Gasteiger partial charge in [0.15, 0.2) is 0 Å². The van der Waals surface area contributed by atoms with Gasteiger partial charge in [-0.1, -0.05) is 0 Å². The Morgan fingerprint density at radius 2 is 2.31 bits per heavy atom. The van der Waals surface area contributed by atoms with E-state index in [1.807, 2.05) is 24.1 Å². The highest BCUT2D eigenvalue weighted by molar-refractivity contribution is 9.10. The van der Waals surface area contributed by atoms with Gasteiger partial charge in [0.2, 0.25) is 6.41 Å². The summed E-state index contributed by atoms with van der Waals surface area (Å²) in [6.45, 7) is 3.63. The molecule has 1 amide bonds. The summed E-state index contributed by atoms with van der Waals surface area (Å²) >= 11 is 3.42. The van der Waals surface area contributed by atoms with Crippen molar-refractivity contribution in [2.24, 2.45) is 0 Å². The van der Waals surface area contributed by atoms with Gasteiger partial charge >= 0.3 is 0 Å². The summed E-state index contributed by atoms with van der Waals surface area (Å²) in [6.07, 6.45) is 1.70. The third-order valence-corrected chi connectivity index (χ3v) is 3.34. The normalized spacial score (nSPS) is 16.5. The summed E-state index contributed by atoms with van der Waals surface area (Å²) in [5.41, 5.74) is 3.59. The Balaban J connectivity index is 2.22. The van der Waals surface area contributed by atoms with E-state index in [0.717, 1.165) is 35.5 Å². The van der Waals surface area contributed by atoms with E-state index in [2.05, 4.69) is 26.3 Å². The second kappa shape index (κ2) is 4.80. The lowest BCUT2D eigenvalue weighted by Crippen LogP contribution is -2.46. The van der Waals surface area contributed by atoms with E-state index in [1.54, 1.807) is 5.12 Å². The molecule has 1 aromatic heterocycles. The lowest BCUT2D eigenvalue weighted by Gasteiger charge is -2.27. The molecule has 0 aromatic carbocycles. The largest absolute Gasteiger partial charge is 0.277 e. The third kappa shape index (κ3) is 2.17. The van der Waals surface area contributed by atoms with Crippen LogP contribution in [0.1, 0.15) is 12.1 Å². The van der Waals surface area contributed by atoms with Crippen molar-refractivity contribution in [1.82, 2.24) is 15.5 Å². The average Bonchev–Trinajstić information content (AvgIpc) is 2.71. The quantitative estimate of drug-likeness (QED) is 0.849. The number of carbonyl (C=O) groups excluding carboxylic acids is 1. The van der Waals surface area contributed by atoms with Crippen LogP contribution in [0.5, 0.6) is 0 Å². The van der Waals surface area contributed by atoms with Gasteiger partial charge in [-0.3, -0.25) is 15.2 Å². The number of amides is 1. The maximum atomic E-state index is 10.5. The number of rotatable bonds is 3. The molecule has 1 N–H and O–H groups in total. The number of hydrazine groups is 2. The highest BCUT2D eigenvalue weighted by Gasteiger charge is 2.22. The minimum Gasteiger partial charge on any atom is -0.277 e. The number of carbonyl (C=O) groups is 1. The zero-order chi connectivity index (χ0) is 11.5. The van der Waals surface area contributed by atoms with Gasteiger partial charge in [-0.2, -0.15) is 0 Å². The maximum Gasteiger partial charge on any atom is 0.222 e. The van der Waals surface area contributed by atoms with Crippen LogP contribution in [-0.2, 0) is 4.79 Å². The fraction of sp³-hybridized carbons (Fsp3) is 0.400. The van der Waals surface area contributed by atoms with Crippen molar-refractivity contribution in [1.29, 1.82) is 0 Å². The highest BCUT2D eigenvalue weighted by Crippen LogP contribution is 2.22. The van der Waals surface area contributed by atoms with Crippen LogP contribution in [-0.4, -0.2) is 29.6 Å². The average molecular weight is 285 g/mol. The van der Waals surface area contributed by atoms with E-state index in [9.17, 15) is 4.79 Å². The van der Waals surface area contributed by atoms with E-state index >= 15 is 0 Å². The molecule has 1 aliphatic rings. The standard InChI is InChI=1S/C10H13BrN4O/c1-8-9(11)3-4-10(13-8)14-5-2-6-15(14)12-7-16/h3-4,7H,2,5-6H2,1H3,(H,12,16). The molecule has 2 rings (SSSR count). The van der Waals surface area contributed by atoms with Gasteiger partial charge < -0.3 is 0 Å². The van der Waals surface area contributed by atoms with Crippen molar-refractivity contribution in [3.05, 3.63) is 22.3 Å². The Labute approximate surface area is 103 Å². The lowest BCUT2D eigenvalue weighted by molar-refractivity contribution is -0.113. The molecule has 0 atom stereocenters. The Morgan fingerprint density at radius 3 is 3.00 bits per heavy atom. The number of aromatic nitrogens is 1. The summed E-state index contributed by atoms with van der Waals surface area (Å²) in [5.74, 6) is 0.854. The van der Waals surface area contributed by atoms with E-state index in [-0.39, 0.29) is 0 Å². The lowest BCUT2D eigenvalue weighted by atomic mass is 10.3. The molecule has 0 radical (unpaired) electrons. The molecule has 0 bridgehead atoms. The van der Waals surface area contributed by atoms with Crippen molar-refractivity contribution >= 4 is 28.2 Å². The first-order chi connectivity index (χ1) is 7.72. The molecule has 2 heterocycles. The molecule has 5 nitrogen and oxygen atoms in total. The third-order valence-electron chi connectivity index (χ3n) is 2.50. The molecular formula is C10H13BrN4O. The minimum atomic E-state index is 0.685. The Bertz CT molecular complexity index is 398. The number of nitrogens with zero attached hydrogens (tertiary/aromatic N) is 3. The molecule has 6 heteroatoms. The Hall–Kier alpha value is -1.14. The summed E-state index contributed by atoms with van der Waals surface area (Å²) in [6, 6.07) is 3.90. The monoisotopic (exact) mass is 284 g/mol. The van der Waals surface area contributed by atoms with Crippen LogP contribution in [0.2, 0.25) is 0 Å². The number of anilines is 1. The molecule has 86 valence electrons. The first kappa shape index (κ1) is 11.3. The summed E-state index contributed by atoms with van der Waals surface area (Å²) in [5, 5.41) is 3.75. The number of aryl methyl sites for hydroxylation is 1. The van der Waals surface area contributed by atoms with Gasteiger partial charge in [-0.15, -0.1) is 5.12 Å². The maximum absolute atomic E-state index is 10.5. The van der Waals surface area contributed by atoms with Gasteiger partial charge in [0.25, 0.3) is 0 Å². The van der Waals surface area contributed by atoms with Crippen molar-refractivity contribution < 1.29 is 4.79 Å². The molecule has 0 unspecified atom stereocenters. The van der Waals surface area contributed by atoms with E-state index in [0.29, 0.717) is 6.41 Å². The number of halogens is 1. The number of pyridine rings is 1. The van der Waals surface area contributed by atoms with Gasteiger partial charge in [0, 0.05) is 17.6 Å². The molecule has 1 aliphatic heterocycles. The van der Waals surface area contributed by atoms with Crippen LogP contribution in [0.15, 0.2) is 16.6 Å². The van der Waals surface area contributed by atoms with Gasteiger partial charge in [0.1, 0.15) is 5.82 Å². The Kier molecular flexibility index (Phi) is 3.40. The van der Waals surface area contributed by atoms with Gasteiger partial charge in [0.05, 0.1) is 5.69 Å². The number of nitrogens with one attached hydrogen (secondary N) is 1. The SMILES string of the molecule is Cc1nc(N2CCCN2NC=O)ccc1Br. The molecule has 1 aromatic rings. The van der Waals surface area contributed by atoms with E-state index in [1.165, 1.54) is 0 Å². The topological polar surface area (TPSA) is 48.5 Å². The summed E-state index contributed by atoms with van der Waals surface area (Å²) in [7, 11) is 0. The van der Waals surface area contributed by atoms with Crippen molar-refractivity contribution in [2.45, 2.75) is 13.3 Å². The summed E-state index contributed by atoms with van der Waals surface area (Å²) in [4.78, 5) is 14.9. The first-order valence-corrected chi connectivity index (χ1v) is 5.89. The zero-order valence-corrected chi connectivity index (χ0v) is 10.6. The summed E-state index contributed by atoms with van der Waals surface area (Å²) < 4.78 is 0.991. The fourth-order valence-corrected chi connectivity index (χ4v) is 1.94. The van der Waals surface area contributed by atoms with Crippen LogP contribution in [0.4, 0.5) is 5.82 Å². The molecule has 1 fully saturated rings. The van der Waals surface area contributed by atoms with Crippen molar-refractivity contribution in [3.63, 3.8) is 0 Å². The van der Waals surface area contributed by atoms with E-state index in [4.69, 9.17) is 0 Å². The predicted octanol–water partition coefficient (Wildman–Crippen LogP) is 1.24. The second-order valence-electron chi connectivity index (χ2n) is 3.58. The molecular weight excluding hydrogens is 272 g/mol. The van der Waals surface area contributed by atoms with Crippen molar-refractivity contribution in [3.8, 4) is 0 Å². The number of hydrogen-bond acceptors (Lipinski definition) is 4. The van der Waals surface area contributed by atoms with E-state index < -0.39 is 0 Å². The van der Waals surface area contributed by atoms with Gasteiger partial charge in [-0.05, 0) is 41.4 Å². The van der Waals surface area contributed by atoms with Crippen molar-refractivity contribution in [2.75, 3.05) is 18.1 Å². The minimum absolute atomic E-state index is 0.685. The molecule has 0 saturated carbocycles. The van der Waals surface area contributed by atoms with Crippen LogP contribution < -0.4 is 10.4 Å². The second-order valence-corrected chi connectivity index (χ2v) is 4.44. The van der Waals surface area contributed by atoms with Crippen LogP contribution in [0.3, 0.4) is 0 Å². The number of hydrogen-bond donors (Lipinski definition) is 1. The zero-order valence-electron chi connectivity index (χ0n) is 8.98. The molecule has 16 heavy (non-hydrogen) atoms. The molecule has 1 saturated heterocycles. The molecule has 0 spiro atoms. The fourth-order valence-electron chi connectivity index (χ4n) is 1.72.